The zero-order valence-electron chi connectivity index (χ0n) is 17.3. The van der Waals surface area contributed by atoms with Crippen LogP contribution in [0.2, 0.25) is 0 Å². The van der Waals surface area contributed by atoms with Crippen molar-refractivity contribution in [1.29, 1.82) is 0 Å². The molecule has 0 atom stereocenters. The van der Waals surface area contributed by atoms with Gasteiger partial charge in [-0.25, -0.2) is 22.9 Å². The van der Waals surface area contributed by atoms with Crippen molar-refractivity contribution in [2.75, 3.05) is 12.5 Å². The van der Waals surface area contributed by atoms with Crippen LogP contribution in [-0.4, -0.2) is 27.0 Å². The maximum atomic E-state index is 12.5. The van der Waals surface area contributed by atoms with Crippen molar-refractivity contribution < 1.29 is 36.7 Å². The maximum absolute atomic E-state index is 12.5. The molecule has 4 rings (SSSR count). The zero-order chi connectivity index (χ0) is 18.2. The Hall–Kier alpha value is -1.67. The fourth-order valence-corrected chi connectivity index (χ4v) is 2.64. The average molecular weight is 579 g/mol. The Morgan fingerprint density at radius 3 is 2.24 bits per heavy atom. The molecule has 0 aliphatic heterocycles. The summed E-state index contributed by atoms with van der Waals surface area (Å²) in [6, 6.07) is 4.57. The van der Waals surface area contributed by atoms with Crippen molar-refractivity contribution in [2.45, 2.75) is 46.1 Å². The molecule has 29 heavy (non-hydrogen) atoms. The van der Waals surface area contributed by atoms with Gasteiger partial charge >= 0.3 is 5.69 Å². The summed E-state index contributed by atoms with van der Waals surface area (Å²) in [6.07, 6.45) is 4.94. The van der Waals surface area contributed by atoms with Crippen molar-refractivity contribution in [1.82, 2.24) is 9.24 Å². The summed E-state index contributed by atoms with van der Waals surface area (Å²) in [5.41, 5.74) is 2.41. The van der Waals surface area contributed by atoms with E-state index in [0.29, 0.717) is 17.4 Å². The van der Waals surface area contributed by atoms with E-state index in [2.05, 4.69) is 24.2 Å². The van der Waals surface area contributed by atoms with Gasteiger partial charge in [-0.1, -0.05) is 6.92 Å². The molecule has 1 aromatic heterocycles. The second kappa shape index (κ2) is 11.5. The number of nitrogens with one attached hydrogen (secondary N) is 1. The van der Waals surface area contributed by atoms with Crippen LogP contribution >= 0.6 is 0 Å². The van der Waals surface area contributed by atoms with E-state index in [1.54, 1.807) is 16.6 Å². The van der Waals surface area contributed by atoms with E-state index in [0.717, 1.165) is 17.5 Å². The van der Waals surface area contributed by atoms with E-state index in [1.807, 2.05) is 0 Å². The standard InChI is InChI=1S/C14H17N3O4.C4H7.CH3.H2N.H2O.W/c1-14(5-6-14)8-16-11-4-3-9(21-20)7-10(11)12(18)17(15-2)13(16)19;1-4-2-3-4;;;;/h3-4,7,15,20H,5-6,8H2,1-2H3;2-3H2,1H3;1H3;2*1H2;/q;3*-1;;. The largest absolute Gasteiger partial charge is 0.693 e. The Morgan fingerprint density at radius 2 is 1.83 bits per heavy atom. The molecule has 0 unspecified atom stereocenters. The molecule has 6 N–H and O–H groups in total. The van der Waals surface area contributed by atoms with Crippen molar-refractivity contribution in [3.05, 3.63) is 58.5 Å². The third-order valence-corrected chi connectivity index (χ3v) is 4.84. The number of rotatable bonds is 4. The van der Waals surface area contributed by atoms with Crippen molar-refractivity contribution >= 4 is 10.9 Å². The summed E-state index contributed by atoms with van der Waals surface area (Å²) in [4.78, 5) is 29.0. The molecule has 1 heterocycles. The van der Waals surface area contributed by atoms with Crippen LogP contribution in [0.3, 0.4) is 0 Å². The van der Waals surface area contributed by atoms with Crippen LogP contribution in [0.25, 0.3) is 17.1 Å². The van der Waals surface area contributed by atoms with Crippen LogP contribution < -0.4 is 21.6 Å². The van der Waals surface area contributed by atoms with E-state index in [4.69, 9.17) is 5.26 Å². The van der Waals surface area contributed by atoms with Gasteiger partial charge in [-0.05, 0) is 36.5 Å². The summed E-state index contributed by atoms with van der Waals surface area (Å²) < 4.78 is 2.57. The van der Waals surface area contributed by atoms with Crippen molar-refractivity contribution in [3.8, 4) is 5.75 Å². The average Bonchev–Trinajstić information content (AvgIpc) is 3.53. The monoisotopic (exact) mass is 579 g/mol. The Kier molecular flexibility index (Phi) is 11.7. The third-order valence-electron chi connectivity index (χ3n) is 4.84. The second-order valence-corrected chi connectivity index (χ2v) is 7.27. The third kappa shape index (κ3) is 6.67. The van der Waals surface area contributed by atoms with Gasteiger partial charge in [0.1, 0.15) is 0 Å². The SMILES string of the molecule is CNn1c(=O)c2cc(OO)ccc2n(CC2(C)CC2)c1=O.C[C-]1CC1.O.[CH3-].[NH2-].[W]. The van der Waals surface area contributed by atoms with Gasteiger partial charge in [0.15, 0.2) is 5.75 Å². The Labute approximate surface area is 185 Å². The first kappa shape index (κ1) is 29.5. The molecule has 0 bridgehead atoms. The van der Waals surface area contributed by atoms with Crippen molar-refractivity contribution in [2.24, 2.45) is 5.41 Å². The molecule has 2 aromatic rings. The Morgan fingerprint density at radius 1 is 1.28 bits per heavy atom. The van der Waals surface area contributed by atoms with Crippen LogP contribution in [0.15, 0.2) is 27.8 Å². The number of nitrogens with two attached hydrogens (primary N) is 1. The first-order valence-electron chi connectivity index (χ1n) is 8.49. The predicted molar refractivity (Wildman–Crippen MR) is 112 cm³/mol. The predicted octanol–water partition coefficient (Wildman–Crippen LogP) is 2.70. The summed E-state index contributed by atoms with van der Waals surface area (Å²) in [6.45, 7) is 4.87. The minimum atomic E-state index is -0.464. The first-order valence-corrected chi connectivity index (χ1v) is 8.49. The maximum Gasteiger partial charge on any atom is 0.350 e. The van der Waals surface area contributed by atoms with Gasteiger partial charge in [-0.15, -0.1) is 0 Å². The Bertz CT molecular complexity index is 904. The quantitative estimate of drug-likeness (QED) is 0.325. The van der Waals surface area contributed by atoms with Gasteiger partial charge in [0, 0.05) is 34.7 Å². The molecule has 9 nitrogen and oxygen atoms in total. The number of fused-ring (bicyclic) bond motifs is 1. The van der Waals surface area contributed by atoms with E-state index < -0.39 is 5.56 Å². The van der Waals surface area contributed by atoms with Gasteiger partial charge in [-0.3, -0.25) is 9.36 Å². The minimum absolute atomic E-state index is 0. The van der Waals surface area contributed by atoms with Crippen LogP contribution in [0.5, 0.6) is 5.75 Å². The molecule has 0 saturated heterocycles. The molecule has 0 amide bonds. The smallest absolute Gasteiger partial charge is 0.350 e. The van der Waals surface area contributed by atoms with Gasteiger partial charge < -0.3 is 35.3 Å². The van der Waals surface area contributed by atoms with Crippen LogP contribution in [0.1, 0.15) is 39.5 Å². The van der Waals surface area contributed by atoms with Gasteiger partial charge in [0.2, 0.25) is 0 Å². The fourth-order valence-electron chi connectivity index (χ4n) is 2.64. The van der Waals surface area contributed by atoms with E-state index in [-0.39, 0.29) is 57.0 Å². The number of hydrogen-bond acceptors (Lipinski definition) is 5. The number of aromatic nitrogens is 2. The number of benzene rings is 1. The molecule has 2 aliphatic carbocycles. The molecular weight excluding hydrogens is 548 g/mol. The van der Waals surface area contributed by atoms with Gasteiger partial charge in [-0.2, -0.15) is 11.6 Å². The van der Waals surface area contributed by atoms with Crippen LogP contribution in [-0.2, 0) is 27.6 Å². The topological polar surface area (TPSA) is 150 Å². The molecule has 2 saturated carbocycles. The normalized spacial score (nSPS) is 15.2. The molecule has 2 aliphatic rings. The molecule has 2 fully saturated rings. The van der Waals surface area contributed by atoms with Crippen molar-refractivity contribution in [3.63, 3.8) is 0 Å². The van der Waals surface area contributed by atoms with Gasteiger partial charge in [0.25, 0.3) is 5.56 Å². The van der Waals surface area contributed by atoms with E-state index in [1.165, 1.54) is 32.0 Å². The zero-order valence-corrected chi connectivity index (χ0v) is 20.3. The second-order valence-electron chi connectivity index (χ2n) is 7.27. The number of hydrogen-bond donors (Lipinski definition) is 2. The molecule has 166 valence electrons. The molecular formula is C19H31N4O5W-3. The van der Waals surface area contributed by atoms with Gasteiger partial charge in [0.05, 0.1) is 10.9 Å². The molecule has 0 radical (unpaired) electrons. The summed E-state index contributed by atoms with van der Waals surface area (Å²) >= 11 is 0. The van der Waals surface area contributed by atoms with Crippen LogP contribution in [0.4, 0.5) is 0 Å². The minimum Gasteiger partial charge on any atom is -0.693 e. The molecule has 0 spiro atoms. The van der Waals surface area contributed by atoms with Crippen LogP contribution in [0, 0.1) is 18.8 Å². The Balaban J connectivity index is 0. The van der Waals surface area contributed by atoms with E-state index >= 15 is 0 Å². The van der Waals surface area contributed by atoms with E-state index in [9.17, 15) is 9.59 Å². The summed E-state index contributed by atoms with van der Waals surface area (Å²) in [5.74, 6) is 1.82. The fraction of sp³-hybridized carbons (Fsp3) is 0.474. The first-order chi connectivity index (χ1) is 11.9. The summed E-state index contributed by atoms with van der Waals surface area (Å²) in [5, 5.41) is 9.06. The molecule has 10 heteroatoms. The molecule has 1 aromatic carbocycles. The number of nitrogens with zero attached hydrogens (tertiary/aromatic N) is 2. The summed E-state index contributed by atoms with van der Waals surface area (Å²) in [7, 11) is 1.52.